The van der Waals surface area contributed by atoms with Crippen LogP contribution in [0.4, 0.5) is 5.69 Å². The van der Waals surface area contributed by atoms with E-state index in [4.69, 9.17) is 0 Å². The molecule has 7 heteroatoms. The molecular formula is C27H26N4O3. The van der Waals surface area contributed by atoms with Crippen molar-refractivity contribution in [1.82, 2.24) is 14.7 Å². The van der Waals surface area contributed by atoms with Gasteiger partial charge in [-0.2, -0.15) is 5.10 Å². The summed E-state index contributed by atoms with van der Waals surface area (Å²) < 4.78 is 1.74. The zero-order valence-electron chi connectivity index (χ0n) is 19.2. The summed E-state index contributed by atoms with van der Waals surface area (Å²) in [6.45, 7) is 2.78. The highest BCUT2D eigenvalue weighted by Gasteiger charge is 2.23. The molecule has 2 amide bonds. The van der Waals surface area contributed by atoms with Crippen molar-refractivity contribution < 1.29 is 14.7 Å². The summed E-state index contributed by atoms with van der Waals surface area (Å²) >= 11 is 0. The molecule has 3 aromatic carbocycles. The summed E-state index contributed by atoms with van der Waals surface area (Å²) in [5, 5.41) is 18.0. The predicted octanol–water partition coefficient (Wildman–Crippen LogP) is 4.08. The quantitative estimate of drug-likeness (QED) is 0.487. The Morgan fingerprint density at radius 2 is 1.85 bits per heavy atom. The topological polar surface area (TPSA) is 87.5 Å². The van der Waals surface area contributed by atoms with Crippen molar-refractivity contribution >= 4 is 28.4 Å². The number of rotatable bonds is 4. The Morgan fingerprint density at radius 3 is 2.68 bits per heavy atom. The molecule has 0 radical (unpaired) electrons. The minimum Gasteiger partial charge on any atom is -0.389 e. The fraction of sp³-hybridized carbons (Fsp3) is 0.222. The smallest absolute Gasteiger partial charge is 0.255 e. The fourth-order valence-corrected chi connectivity index (χ4v) is 4.42. The zero-order valence-corrected chi connectivity index (χ0v) is 19.2. The molecule has 0 spiro atoms. The molecule has 1 unspecified atom stereocenters. The summed E-state index contributed by atoms with van der Waals surface area (Å²) in [5.41, 5.74) is 5.53. The molecule has 172 valence electrons. The van der Waals surface area contributed by atoms with Crippen LogP contribution in [0.2, 0.25) is 0 Å². The van der Waals surface area contributed by atoms with Gasteiger partial charge in [-0.25, -0.2) is 0 Å². The lowest BCUT2D eigenvalue weighted by Gasteiger charge is -2.29. The maximum Gasteiger partial charge on any atom is 0.255 e. The van der Waals surface area contributed by atoms with E-state index in [0.717, 1.165) is 34.0 Å². The summed E-state index contributed by atoms with van der Waals surface area (Å²) in [6.07, 6.45) is 2.04. The van der Waals surface area contributed by atoms with Gasteiger partial charge in [-0.1, -0.05) is 18.2 Å². The molecule has 0 fully saturated rings. The van der Waals surface area contributed by atoms with Gasteiger partial charge in [0.15, 0.2) is 0 Å². The SMILES string of the molecule is CC(O)c1cccc(NC(=O)c2ccc3c(c2)CN(C(=O)c2ccc4nn(C)cc4c2)CC3)c1. The van der Waals surface area contributed by atoms with Crippen LogP contribution in [0.3, 0.4) is 0 Å². The van der Waals surface area contributed by atoms with Crippen LogP contribution in [0.25, 0.3) is 10.9 Å². The van der Waals surface area contributed by atoms with E-state index in [1.54, 1.807) is 29.8 Å². The molecule has 1 atom stereocenters. The van der Waals surface area contributed by atoms with Gasteiger partial charge in [-0.15, -0.1) is 0 Å². The number of nitrogens with zero attached hydrogens (tertiary/aromatic N) is 3. The summed E-state index contributed by atoms with van der Waals surface area (Å²) in [5.74, 6) is -0.253. The van der Waals surface area contributed by atoms with E-state index in [-0.39, 0.29) is 11.8 Å². The average molecular weight is 455 g/mol. The second-order valence-corrected chi connectivity index (χ2v) is 8.79. The van der Waals surface area contributed by atoms with Crippen LogP contribution in [0.1, 0.15) is 50.4 Å². The Hall–Kier alpha value is -3.97. The molecule has 0 bridgehead atoms. The molecule has 0 saturated carbocycles. The molecule has 4 aromatic rings. The van der Waals surface area contributed by atoms with E-state index < -0.39 is 6.10 Å². The van der Waals surface area contributed by atoms with Crippen LogP contribution in [0.15, 0.2) is 66.9 Å². The first-order valence-corrected chi connectivity index (χ1v) is 11.3. The number of hydrogen-bond acceptors (Lipinski definition) is 4. The lowest BCUT2D eigenvalue weighted by Crippen LogP contribution is -2.36. The molecule has 34 heavy (non-hydrogen) atoms. The summed E-state index contributed by atoms with van der Waals surface area (Å²) in [6, 6.07) is 18.4. The fourth-order valence-electron chi connectivity index (χ4n) is 4.42. The zero-order chi connectivity index (χ0) is 23.8. The van der Waals surface area contributed by atoms with Gasteiger partial charge in [0, 0.05) is 48.5 Å². The van der Waals surface area contributed by atoms with Crippen molar-refractivity contribution in [3.05, 3.63) is 94.7 Å². The van der Waals surface area contributed by atoms with Gasteiger partial charge in [-0.05, 0) is 72.5 Å². The number of amides is 2. The van der Waals surface area contributed by atoms with E-state index >= 15 is 0 Å². The Balaban J connectivity index is 1.33. The van der Waals surface area contributed by atoms with Crippen molar-refractivity contribution in [2.45, 2.75) is 26.0 Å². The van der Waals surface area contributed by atoms with E-state index in [0.29, 0.717) is 29.9 Å². The highest BCUT2D eigenvalue weighted by Crippen LogP contribution is 2.24. The number of benzene rings is 3. The van der Waals surface area contributed by atoms with E-state index in [1.165, 1.54) is 0 Å². The van der Waals surface area contributed by atoms with Gasteiger partial charge in [0.25, 0.3) is 11.8 Å². The van der Waals surface area contributed by atoms with Gasteiger partial charge >= 0.3 is 0 Å². The Kier molecular flexibility index (Phi) is 5.63. The molecule has 0 aliphatic carbocycles. The molecule has 2 heterocycles. The van der Waals surface area contributed by atoms with E-state index in [9.17, 15) is 14.7 Å². The minimum atomic E-state index is -0.608. The van der Waals surface area contributed by atoms with Gasteiger partial charge in [-0.3, -0.25) is 14.3 Å². The number of nitrogens with one attached hydrogen (secondary N) is 1. The number of aliphatic hydroxyl groups excluding tert-OH is 1. The first-order valence-electron chi connectivity index (χ1n) is 11.3. The second kappa shape index (κ2) is 8.76. The standard InChI is InChI=1S/C27H26N4O3/c1-17(32)19-4-3-5-24(14-19)28-26(33)20-7-6-18-10-11-31(16-22(18)12-20)27(34)21-8-9-25-23(13-21)15-30(2)29-25/h3-9,12-15,17,32H,10-11,16H2,1-2H3,(H,28,33). The number of hydrogen-bond donors (Lipinski definition) is 2. The van der Waals surface area contributed by atoms with Crippen LogP contribution in [-0.2, 0) is 20.0 Å². The molecule has 5 rings (SSSR count). The third-order valence-corrected chi connectivity index (χ3v) is 6.26. The van der Waals surface area contributed by atoms with E-state index in [2.05, 4.69) is 10.4 Å². The first-order chi connectivity index (χ1) is 16.4. The molecule has 0 saturated heterocycles. The van der Waals surface area contributed by atoms with Gasteiger partial charge in [0.2, 0.25) is 0 Å². The number of anilines is 1. The maximum absolute atomic E-state index is 13.2. The minimum absolute atomic E-state index is 0.0267. The maximum atomic E-state index is 13.2. The van der Waals surface area contributed by atoms with Crippen molar-refractivity contribution in [3.63, 3.8) is 0 Å². The normalized spacial score (nSPS) is 14.0. The second-order valence-electron chi connectivity index (χ2n) is 8.79. The number of aromatic nitrogens is 2. The van der Waals surface area contributed by atoms with Crippen LogP contribution in [0.5, 0.6) is 0 Å². The first kappa shape index (κ1) is 21.9. The van der Waals surface area contributed by atoms with Gasteiger partial charge in [0.05, 0.1) is 11.6 Å². The Bertz CT molecular complexity index is 1410. The van der Waals surface area contributed by atoms with Crippen LogP contribution < -0.4 is 5.32 Å². The van der Waals surface area contributed by atoms with Gasteiger partial charge in [0.1, 0.15) is 0 Å². The summed E-state index contributed by atoms with van der Waals surface area (Å²) in [4.78, 5) is 27.9. The number of aliphatic hydroxyl groups is 1. The highest BCUT2D eigenvalue weighted by atomic mass is 16.3. The molecular weight excluding hydrogens is 428 g/mol. The molecule has 1 aliphatic rings. The average Bonchev–Trinajstić information content (AvgIpc) is 3.22. The highest BCUT2D eigenvalue weighted by molar-refractivity contribution is 6.04. The number of fused-ring (bicyclic) bond motifs is 2. The van der Waals surface area contributed by atoms with Crippen LogP contribution in [0, 0.1) is 0 Å². The van der Waals surface area contributed by atoms with E-state index in [1.807, 2.05) is 60.6 Å². The van der Waals surface area contributed by atoms with Crippen molar-refractivity contribution in [2.75, 3.05) is 11.9 Å². The number of carbonyl (C=O) groups excluding carboxylic acids is 2. The third-order valence-electron chi connectivity index (χ3n) is 6.26. The molecule has 1 aromatic heterocycles. The van der Waals surface area contributed by atoms with Crippen LogP contribution in [-0.4, -0.2) is 38.1 Å². The molecule has 7 nitrogen and oxygen atoms in total. The lowest BCUT2D eigenvalue weighted by molar-refractivity contribution is 0.0735. The lowest BCUT2D eigenvalue weighted by atomic mass is 9.96. The van der Waals surface area contributed by atoms with Gasteiger partial charge < -0.3 is 15.3 Å². The monoisotopic (exact) mass is 454 g/mol. The third kappa shape index (κ3) is 4.30. The summed E-state index contributed by atoms with van der Waals surface area (Å²) in [7, 11) is 1.86. The molecule has 2 N–H and O–H groups in total. The van der Waals surface area contributed by atoms with Crippen molar-refractivity contribution in [3.8, 4) is 0 Å². The largest absolute Gasteiger partial charge is 0.389 e. The Labute approximate surface area is 197 Å². The van der Waals surface area contributed by atoms with Crippen LogP contribution >= 0.6 is 0 Å². The molecule has 1 aliphatic heterocycles. The predicted molar refractivity (Wildman–Crippen MR) is 131 cm³/mol. The number of carbonyl (C=O) groups is 2. The Morgan fingerprint density at radius 1 is 1.03 bits per heavy atom. The van der Waals surface area contributed by atoms with Crippen molar-refractivity contribution in [1.29, 1.82) is 0 Å². The number of aryl methyl sites for hydroxylation is 1. The van der Waals surface area contributed by atoms with Crippen molar-refractivity contribution in [2.24, 2.45) is 7.05 Å².